The van der Waals surface area contributed by atoms with Gasteiger partial charge in [0.25, 0.3) is 0 Å². The van der Waals surface area contributed by atoms with Crippen LogP contribution in [0.4, 0.5) is 17.1 Å². The Morgan fingerprint density at radius 3 is 1.43 bits per heavy atom. The quantitative estimate of drug-likeness (QED) is 0.175. The summed E-state index contributed by atoms with van der Waals surface area (Å²) < 4.78 is 13.0. The van der Waals surface area contributed by atoms with Crippen molar-refractivity contribution in [3.63, 3.8) is 0 Å². The molecule has 0 aliphatic carbocycles. The summed E-state index contributed by atoms with van der Waals surface area (Å²) in [6, 6.07) is 70.4. The Bertz CT molecular complexity index is 2670. The molecule has 0 N–H and O–H groups in total. The maximum absolute atomic E-state index is 6.58. The van der Waals surface area contributed by atoms with Gasteiger partial charge in [-0.25, -0.2) is 0 Å². The van der Waals surface area contributed by atoms with E-state index < -0.39 is 0 Å². The lowest BCUT2D eigenvalue weighted by molar-refractivity contribution is 0.439. The van der Waals surface area contributed by atoms with Crippen molar-refractivity contribution >= 4 is 38.6 Å². The Hall–Kier alpha value is -7.10. The molecule has 1 heterocycles. The number of fused-ring (bicyclic) bond motifs is 2. The fraction of sp³-hybridized carbons (Fsp3) is 0. The van der Waals surface area contributed by atoms with Gasteiger partial charge >= 0.3 is 0 Å². The van der Waals surface area contributed by atoms with E-state index in [1.54, 1.807) is 0 Å². The first-order valence-corrected chi connectivity index (χ1v) is 17.9. The lowest BCUT2D eigenvalue weighted by Gasteiger charge is -2.28. The molecular weight excluding hydrogens is 647 g/mol. The van der Waals surface area contributed by atoms with Gasteiger partial charge in [0.15, 0.2) is 11.5 Å². The molecule has 0 radical (unpaired) electrons. The van der Waals surface area contributed by atoms with Gasteiger partial charge in [-0.3, -0.25) is 0 Å². The highest BCUT2D eigenvalue weighted by Gasteiger charge is 2.21. The van der Waals surface area contributed by atoms with Crippen molar-refractivity contribution in [3.8, 4) is 56.4 Å². The van der Waals surface area contributed by atoms with E-state index >= 15 is 0 Å². The summed E-state index contributed by atoms with van der Waals surface area (Å²) in [5, 5.41) is 4.37. The Morgan fingerprint density at radius 2 is 0.830 bits per heavy atom. The van der Waals surface area contributed by atoms with Crippen LogP contribution in [0.3, 0.4) is 0 Å². The van der Waals surface area contributed by atoms with E-state index in [-0.39, 0.29) is 0 Å². The first kappa shape index (κ1) is 30.7. The molecule has 0 spiro atoms. The molecule has 10 rings (SSSR count). The molecule has 0 bridgehead atoms. The van der Waals surface area contributed by atoms with Crippen LogP contribution in [0.2, 0.25) is 0 Å². The second-order valence-electron chi connectivity index (χ2n) is 13.3. The molecule has 0 atom stereocenters. The number of anilines is 3. The Labute approximate surface area is 308 Å². The van der Waals surface area contributed by atoms with Gasteiger partial charge in [0.1, 0.15) is 11.5 Å². The summed E-state index contributed by atoms with van der Waals surface area (Å²) in [6.45, 7) is 0. The summed E-state index contributed by atoms with van der Waals surface area (Å²) in [7, 11) is 0. The number of hydrogen-bond donors (Lipinski definition) is 0. The Balaban J connectivity index is 1.09. The summed E-state index contributed by atoms with van der Waals surface area (Å²) >= 11 is 0. The second-order valence-corrected chi connectivity index (χ2v) is 13.3. The zero-order valence-corrected chi connectivity index (χ0v) is 28.8. The topological polar surface area (TPSA) is 21.7 Å². The standard InChI is InChI=1S/C50H33NO2/c1-3-11-34(12-4-1)36-21-26-40(27-22-36)51(41-28-23-37(24-29-41)35-13-5-2-6-14-35)45-31-30-42(43-17-7-8-18-44(43)45)39-25-32-46-49(33-39)53-48-20-10-16-38-15-9-19-47(52-46)50(38)48/h1-33H. The molecule has 0 saturated carbocycles. The van der Waals surface area contributed by atoms with Gasteiger partial charge in [0, 0.05) is 16.8 Å². The average Bonchev–Trinajstić information content (AvgIpc) is 3.39. The van der Waals surface area contributed by atoms with E-state index in [0.717, 1.165) is 61.2 Å². The van der Waals surface area contributed by atoms with Crippen molar-refractivity contribution in [2.45, 2.75) is 0 Å². The van der Waals surface area contributed by atoms with Crippen molar-refractivity contribution in [2.24, 2.45) is 0 Å². The molecule has 1 aliphatic rings. The fourth-order valence-corrected chi connectivity index (χ4v) is 7.54. The highest BCUT2D eigenvalue weighted by molar-refractivity contribution is 6.06. The van der Waals surface area contributed by atoms with E-state index in [0.29, 0.717) is 11.5 Å². The van der Waals surface area contributed by atoms with Crippen LogP contribution in [0.25, 0.3) is 54.9 Å². The monoisotopic (exact) mass is 679 g/mol. The number of rotatable bonds is 6. The van der Waals surface area contributed by atoms with Crippen LogP contribution >= 0.6 is 0 Å². The van der Waals surface area contributed by atoms with Gasteiger partial charge in [-0.2, -0.15) is 0 Å². The number of ether oxygens (including phenoxy) is 2. The fourth-order valence-electron chi connectivity index (χ4n) is 7.54. The van der Waals surface area contributed by atoms with Crippen molar-refractivity contribution in [3.05, 3.63) is 200 Å². The van der Waals surface area contributed by atoms with E-state index in [2.05, 4.69) is 175 Å². The van der Waals surface area contributed by atoms with Gasteiger partial charge in [0.05, 0.1) is 11.1 Å². The van der Waals surface area contributed by atoms with Gasteiger partial charge in [0.2, 0.25) is 0 Å². The highest BCUT2D eigenvalue weighted by Crippen LogP contribution is 2.48. The summed E-state index contributed by atoms with van der Waals surface area (Å²) in [5.74, 6) is 2.98. The van der Waals surface area contributed by atoms with Crippen LogP contribution in [-0.4, -0.2) is 0 Å². The van der Waals surface area contributed by atoms with Gasteiger partial charge < -0.3 is 14.4 Å². The number of benzene rings is 9. The normalized spacial score (nSPS) is 11.7. The maximum Gasteiger partial charge on any atom is 0.170 e. The van der Waals surface area contributed by atoms with Crippen LogP contribution < -0.4 is 14.4 Å². The molecule has 3 nitrogen and oxygen atoms in total. The zero-order valence-electron chi connectivity index (χ0n) is 28.8. The third kappa shape index (κ3) is 5.56. The molecule has 53 heavy (non-hydrogen) atoms. The van der Waals surface area contributed by atoms with Crippen LogP contribution in [0.5, 0.6) is 23.0 Å². The lowest BCUT2D eigenvalue weighted by Crippen LogP contribution is -2.10. The van der Waals surface area contributed by atoms with Crippen LogP contribution in [0.15, 0.2) is 200 Å². The summed E-state index contributed by atoms with van der Waals surface area (Å²) in [6.07, 6.45) is 0. The molecular formula is C50H33NO2. The lowest BCUT2D eigenvalue weighted by atomic mass is 9.95. The van der Waals surface area contributed by atoms with Gasteiger partial charge in [-0.1, -0.05) is 146 Å². The van der Waals surface area contributed by atoms with Crippen molar-refractivity contribution in [2.75, 3.05) is 4.90 Å². The molecule has 3 heteroatoms. The molecule has 0 aromatic heterocycles. The third-order valence-electron chi connectivity index (χ3n) is 10.1. The smallest absolute Gasteiger partial charge is 0.170 e. The minimum absolute atomic E-state index is 0.693. The first-order valence-electron chi connectivity index (χ1n) is 17.9. The summed E-state index contributed by atoms with van der Waals surface area (Å²) in [5.41, 5.74) is 10.2. The molecule has 1 aliphatic heterocycles. The van der Waals surface area contributed by atoms with Crippen LogP contribution in [0.1, 0.15) is 0 Å². The molecule has 250 valence electrons. The van der Waals surface area contributed by atoms with E-state index in [1.165, 1.54) is 22.3 Å². The van der Waals surface area contributed by atoms with E-state index in [1.807, 2.05) is 30.3 Å². The molecule has 9 aromatic rings. The molecule has 9 aromatic carbocycles. The molecule has 0 amide bonds. The summed E-state index contributed by atoms with van der Waals surface area (Å²) in [4.78, 5) is 2.36. The SMILES string of the molecule is c1ccc(-c2ccc(N(c3ccc(-c4ccccc4)cc3)c3ccc(-c4ccc5c(c4)Oc4cccc6cccc(c46)O5)c4ccccc34)cc2)cc1. The Morgan fingerprint density at radius 1 is 0.321 bits per heavy atom. The Kier molecular flexibility index (Phi) is 7.47. The predicted octanol–water partition coefficient (Wildman–Crippen LogP) is 14.4. The minimum atomic E-state index is 0.693. The second kappa shape index (κ2) is 12.9. The van der Waals surface area contributed by atoms with Gasteiger partial charge in [-0.15, -0.1) is 0 Å². The van der Waals surface area contributed by atoms with Gasteiger partial charge in [-0.05, 0) is 98.8 Å². The van der Waals surface area contributed by atoms with E-state index in [9.17, 15) is 0 Å². The zero-order chi connectivity index (χ0) is 35.1. The first-order chi connectivity index (χ1) is 26.3. The van der Waals surface area contributed by atoms with Crippen molar-refractivity contribution in [1.82, 2.24) is 0 Å². The van der Waals surface area contributed by atoms with Crippen LogP contribution in [0, 0.1) is 0 Å². The average molecular weight is 680 g/mol. The largest absolute Gasteiger partial charge is 0.453 e. The third-order valence-corrected chi connectivity index (χ3v) is 10.1. The highest BCUT2D eigenvalue weighted by atomic mass is 16.5. The van der Waals surface area contributed by atoms with Crippen molar-refractivity contribution < 1.29 is 9.47 Å². The molecule has 0 unspecified atom stereocenters. The maximum atomic E-state index is 6.58. The van der Waals surface area contributed by atoms with Crippen molar-refractivity contribution in [1.29, 1.82) is 0 Å². The van der Waals surface area contributed by atoms with Crippen LogP contribution in [-0.2, 0) is 0 Å². The predicted molar refractivity (Wildman–Crippen MR) is 219 cm³/mol. The number of nitrogens with zero attached hydrogens (tertiary/aromatic N) is 1. The number of hydrogen-bond acceptors (Lipinski definition) is 3. The molecule has 0 fully saturated rings. The molecule has 0 saturated heterocycles. The minimum Gasteiger partial charge on any atom is -0.453 e. The van der Waals surface area contributed by atoms with E-state index in [4.69, 9.17) is 9.47 Å².